The molecule has 0 spiro atoms. The minimum Gasteiger partial charge on any atom is -0.459 e. The largest absolute Gasteiger partial charge is 0.459 e. The van der Waals surface area contributed by atoms with E-state index in [1.807, 2.05) is 6.07 Å². The topological polar surface area (TPSA) is 105 Å². The Bertz CT molecular complexity index is 939. The zero-order valence-electron chi connectivity index (χ0n) is 16.0. The van der Waals surface area contributed by atoms with Crippen molar-refractivity contribution in [3.63, 3.8) is 0 Å². The van der Waals surface area contributed by atoms with Gasteiger partial charge < -0.3 is 14.8 Å². The number of ether oxygens (including phenoxy) is 2. The molecular formula is C22H20N2O5. The number of carbonyl (C=O) groups is 3. The summed E-state index contributed by atoms with van der Waals surface area (Å²) in [6.45, 7) is 3.06. The minimum atomic E-state index is -0.670. The Labute approximate surface area is 168 Å². The normalized spacial score (nSPS) is 10.4. The van der Waals surface area contributed by atoms with Crippen molar-refractivity contribution in [2.75, 3.05) is 11.9 Å². The predicted octanol–water partition coefficient (Wildman–Crippen LogP) is 3.32. The number of amides is 1. The fraction of sp³-hybridized carbons (Fsp3) is 0.182. The predicted molar refractivity (Wildman–Crippen MR) is 107 cm³/mol. The standard InChI is InChI=1S/C22H20N2O5/c1-15(2)29-22(27)18-8-10-19(11-9-18)24-20(25)14-28-21(26)12-7-16-3-5-17(13-23)6-4-16/h3-12,15H,14H2,1-2H3,(H,24,25)/b12-7+. The maximum Gasteiger partial charge on any atom is 0.338 e. The van der Waals surface area contributed by atoms with E-state index < -0.39 is 24.5 Å². The van der Waals surface area contributed by atoms with E-state index in [4.69, 9.17) is 14.7 Å². The van der Waals surface area contributed by atoms with Crippen LogP contribution in [0.2, 0.25) is 0 Å². The van der Waals surface area contributed by atoms with Gasteiger partial charge in [0.2, 0.25) is 0 Å². The molecule has 0 aliphatic carbocycles. The van der Waals surface area contributed by atoms with Crippen LogP contribution >= 0.6 is 0 Å². The van der Waals surface area contributed by atoms with Crippen molar-refractivity contribution in [3.05, 3.63) is 71.3 Å². The second-order valence-electron chi connectivity index (χ2n) is 6.25. The van der Waals surface area contributed by atoms with E-state index in [1.54, 1.807) is 50.2 Å². The van der Waals surface area contributed by atoms with Gasteiger partial charge in [0.15, 0.2) is 6.61 Å². The number of nitrogens with one attached hydrogen (secondary N) is 1. The van der Waals surface area contributed by atoms with Gasteiger partial charge in [-0.2, -0.15) is 5.26 Å². The Morgan fingerprint density at radius 1 is 1.07 bits per heavy atom. The molecule has 2 rings (SSSR count). The Morgan fingerprint density at radius 3 is 2.31 bits per heavy atom. The highest BCUT2D eigenvalue weighted by Gasteiger charge is 2.10. The number of hydrogen-bond donors (Lipinski definition) is 1. The van der Waals surface area contributed by atoms with Gasteiger partial charge in [-0.3, -0.25) is 4.79 Å². The summed E-state index contributed by atoms with van der Waals surface area (Å²) >= 11 is 0. The van der Waals surface area contributed by atoms with Gasteiger partial charge in [-0.25, -0.2) is 9.59 Å². The number of hydrogen-bond acceptors (Lipinski definition) is 6. The molecule has 7 heteroatoms. The smallest absolute Gasteiger partial charge is 0.338 e. The third kappa shape index (κ3) is 7.31. The van der Waals surface area contributed by atoms with Crippen molar-refractivity contribution in [2.45, 2.75) is 20.0 Å². The van der Waals surface area contributed by atoms with E-state index in [0.29, 0.717) is 16.8 Å². The van der Waals surface area contributed by atoms with Crippen molar-refractivity contribution in [2.24, 2.45) is 0 Å². The monoisotopic (exact) mass is 392 g/mol. The lowest BCUT2D eigenvalue weighted by Crippen LogP contribution is -2.20. The van der Waals surface area contributed by atoms with Gasteiger partial charge in [0, 0.05) is 11.8 Å². The zero-order chi connectivity index (χ0) is 21.2. The molecule has 1 N–H and O–H groups in total. The average molecular weight is 392 g/mol. The summed E-state index contributed by atoms with van der Waals surface area (Å²) in [5.74, 6) is -1.63. The molecule has 0 aromatic heterocycles. The molecule has 0 radical (unpaired) electrons. The fourth-order valence-corrected chi connectivity index (χ4v) is 2.19. The molecule has 0 unspecified atom stereocenters. The maximum atomic E-state index is 11.9. The zero-order valence-corrected chi connectivity index (χ0v) is 16.0. The van der Waals surface area contributed by atoms with Gasteiger partial charge in [0.25, 0.3) is 5.91 Å². The van der Waals surface area contributed by atoms with Crippen molar-refractivity contribution in [1.29, 1.82) is 5.26 Å². The van der Waals surface area contributed by atoms with Gasteiger partial charge >= 0.3 is 11.9 Å². The van der Waals surface area contributed by atoms with Gasteiger partial charge in [-0.1, -0.05) is 12.1 Å². The molecule has 2 aromatic rings. The van der Waals surface area contributed by atoms with Crippen LogP contribution in [0.15, 0.2) is 54.6 Å². The van der Waals surface area contributed by atoms with E-state index in [1.165, 1.54) is 24.3 Å². The lowest BCUT2D eigenvalue weighted by molar-refractivity contribution is -0.142. The summed E-state index contributed by atoms with van der Waals surface area (Å²) < 4.78 is 9.97. The van der Waals surface area contributed by atoms with Crippen molar-refractivity contribution >= 4 is 29.6 Å². The number of carbonyl (C=O) groups excluding carboxylic acids is 3. The van der Waals surface area contributed by atoms with Gasteiger partial charge in [-0.05, 0) is 61.9 Å². The quantitative estimate of drug-likeness (QED) is 0.572. The molecule has 7 nitrogen and oxygen atoms in total. The van der Waals surface area contributed by atoms with E-state index in [9.17, 15) is 14.4 Å². The van der Waals surface area contributed by atoms with Crippen LogP contribution in [-0.4, -0.2) is 30.6 Å². The summed E-state index contributed by atoms with van der Waals surface area (Å²) in [7, 11) is 0. The first-order chi connectivity index (χ1) is 13.9. The maximum absolute atomic E-state index is 11.9. The highest BCUT2D eigenvalue weighted by atomic mass is 16.5. The van der Waals surface area contributed by atoms with Crippen LogP contribution in [0.4, 0.5) is 5.69 Å². The molecule has 0 heterocycles. The van der Waals surface area contributed by atoms with Crippen LogP contribution < -0.4 is 5.32 Å². The first kappa shape index (κ1) is 21.4. The Hall–Kier alpha value is -3.92. The lowest BCUT2D eigenvalue weighted by atomic mass is 10.1. The van der Waals surface area contributed by atoms with Crippen LogP contribution in [0.25, 0.3) is 6.08 Å². The second kappa shape index (κ2) is 10.4. The van der Waals surface area contributed by atoms with Crippen LogP contribution in [0.1, 0.15) is 35.3 Å². The minimum absolute atomic E-state index is 0.220. The molecule has 0 aliphatic rings. The van der Waals surface area contributed by atoms with Crippen molar-refractivity contribution in [1.82, 2.24) is 0 Å². The highest BCUT2D eigenvalue weighted by molar-refractivity contribution is 5.95. The molecule has 29 heavy (non-hydrogen) atoms. The van der Waals surface area contributed by atoms with Crippen molar-refractivity contribution in [3.8, 4) is 6.07 Å². The molecule has 1 amide bonds. The third-order valence-corrected chi connectivity index (χ3v) is 3.54. The molecule has 0 fully saturated rings. The Balaban J connectivity index is 1.80. The van der Waals surface area contributed by atoms with Crippen LogP contribution in [0.5, 0.6) is 0 Å². The number of esters is 2. The summed E-state index contributed by atoms with van der Waals surface area (Å²) in [4.78, 5) is 35.4. The summed E-state index contributed by atoms with van der Waals surface area (Å²) in [6, 6.07) is 14.8. The first-order valence-electron chi connectivity index (χ1n) is 8.83. The molecule has 148 valence electrons. The molecular weight excluding hydrogens is 372 g/mol. The summed E-state index contributed by atoms with van der Waals surface area (Å²) in [5, 5.41) is 11.3. The first-order valence-corrected chi connectivity index (χ1v) is 8.83. The number of rotatable bonds is 7. The third-order valence-electron chi connectivity index (χ3n) is 3.54. The second-order valence-corrected chi connectivity index (χ2v) is 6.25. The van der Waals surface area contributed by atoms with Gasteiger partial charge in [-0.15, -0.1) is 0 Å². The van der Waals surface area contributed by atoms with Crippen LogP contribution in [0, 0.1) is 11.3 Å². The molecule has 2 aromatic carbocycles. The number of nitrogens with zero attached hydrogens (tertiary/aromatic N) is 1. The average Bonchev–Trinajstić information content (AvgIpc) is 2.71. The van der Waals surface area contributed by atoms with E-state index in [0.717, 1.165) is 5.56 Å². The Kier molecular flexibility index (Phi) is 7.68. The summed E-state index contributed by atoms with van der Waals surface area (Å²) in [5.41, 5.74) is 2.07. The number of nitriles is 1. The SMILES string of the molecule is CC(C)OC(=O)c1ccc(NC(=O)COC(=O)/C=C/c2ccc(C#N)cc2)cc1. The molecule has 0 saturated heterocycles. The Morgan fingerprint density at radius 2 is 1.72 bits per heavy atom. The highest BCUT2D eigenvalue weighted by Crippen LogP contribution is 2.11. The molecule has 0 bridgehead atoms. The van der Waals surface area contributed by atoms with E-state index in [2.05, 4.69) is 5.32 Å². The van der Waals surface area contributed by atoms with Crippen LogP contribution in [-0.2, 0) is 19.1 Å². The van der Waals surface area contributed by atoms with Crippen LogP contribution in [0.3, 0.4) is 0 Å². The van der Waals surface area contributed by atoms with E-state index >= 15 is 0 Å². The molecule has 0 saturated carbocycles. The van der Waals surface area contributed by atoms with Gasteiger partial charge in [0.1, 0.15) is 0 Å². The van der Waals surface area contributed by atoms with Gasteiger partial charge in [0.05, 0.1) is 23.3 Å². The number of anilines is 1. The lowest BCUT2D eigenvalue weighted by Gasteiger charge is -2.09. The van der Waals surface area contributed by atoms with Crippen molar-refractivity contribution < 1.29 is 23.9 Å². The molecule has 0 aliphatic heterocycles. The number of benzene rings is 2. The van der Waals surface area contributed by atoms with E-state index in [-0.39, 0.29) is 6.10 Å². The summed E-state index contributed by atoms with van der Waals surface area (Å²) in [6.07, 6.45) is 2.50. The molecule has 0 atom stereocenters. The fourth-order valence-electron chi connectivity index (χ4n) is 2.19.